The van der Waals surface area contributed by atoms with Crippen molar-refractivity contribution in [3.63, 3.8) is 0 Å². The number of hydrogen-bond donors (Lipinski definition) is 1. The van der Waals surface area contributed by atoms with E-state index in [1.165, 1.54) is 7.11 Å². The number of carboxylic acid groups (broad SMARTS) is 1. The molecule has 0 bridgehead atoms. The third kappa shape index (κ3) is 5.48. The Bertz CT molecular complexity index is 1610. The Kier molecular flexibility index (Phi) is 7.44. The maximum Gasteiger partial charge on any atom is 0.337 e. The molecule has 1 aliphatic rings. The number of nitrogens with zero attached hydrogens (tertiary/aromatic N) is 1. The lowest BCUT2D eigenvalue weighted by molar-refractivity contribution is 0.0599. The van der Waals surface area contributed by atoms with Crippen molar-refractivity contribution in [3.05, 3.63) is 106 Å². The van der Waals surface area contributed by atoms with Gasteiger partial charge in [0.2, 0.25) is 0 Å². The summed E-state index contributed by atoms with van der Waals surface area (Å²) in [6.07, 6.45) is 3.54. The number of hydrogen-bond acceptors (Lipinski definition) is 5. The molecule has 0 spiro atoms. The molecular weight excluding hydrogens is 502 g/mol. The first-order valence-electron chi connectivity index (χ1n) is 13.4. The van der Waals surface area contributed by atoms with E-state index in [0.717, 1.165) is 34.4 Å². The highest BCUT2D eigenvalue weighted by atomic mass is 16.5. The molecule has 40 heavy (non-hydrogen) atoms. The first-order valence-corrected chi connectivity index (χ1v) is 13.4. The van der Waals surface area contributed by atoms with Crippen LogP contribution in [0.1, 0.15) is 70.3 Å². The van der Waals surface area contributed by atoms with Gasteiger partial charge < -0.3 is 14.6 Å². The van der Waals surface area contributed by atoms with Crippen molar-refractivity contribution in [1.29, 1.82) is 0 Å². The largest absolute Gasteiger partial charge is 0.488 e. The van der Waals surface area contributed by atoms with Crippen LogP contribution in [0.5, 0.6) is 5.75 Å². The number of pyridine rings is 1. The van der Waals surface area contributed by atoms with Crippen molar-refractivity contribution in [2.75, 3.05) is 7.11 Å². The monoisotopic (exact) mass is 535 g/mol. The van der Waals surface area contributed by atoms with Crippen LogP contribution in [-0.2, 0) is 17.8 Å². The van der Waals surface area contributed by atoms with Crippen LogP contribution in [-0.4, -0.2) is 29.1 Å². The highest BCUT2D eigenvalue weighted by Gasteiger charge is 2.35. The average Bonchev–Trinajstić information content (AvgIpc) is 2.94. The number of carboxylic acids is 1. The fraction of sp³-hybridized carbons (Fsp3) is 0.265. The van der Waals surface area contributed by atoms with Crippen LogP contribution in [0, 0.1) is 11.3 Å². The molecule has 6 nitrogen and oxygen atoms in total. The maximum absolute atomic E-state index is 12.6. The Labute approximate surface area is 234 Å². The van der Waals surface area contributed by atoms with Crippen LogP contribution in [0.2, 0.25) is 0 Å². The van der Waals surface area contributed by atoms with Crippen LogP contribution in [0.3, 0.4) is 0 Å². The Hall–Kier alpha value is -4.45. The molecule has 5 rings (SSSR count). The van der Waals surface area contributed by atoms with Gasteiger partial charge in [-0.25, -0.2) is 14.6 Å². The maximum atomic E-state index is 12.6. The topological polar surface area (TPSA) is 85.7 Å². The minimum Gasteiger partial charge on any atom is -0.488 e. The molecule has 1 aromatic heterocycles. The van der Waals surface area contributed by atoms with Crippen molar-refractivity contribution in [1.82, 2.24) is 4.98 Å². The summed E-state index contributed by atoms with van der Waals surface area (Å²) < 4.78 is 11.0. The molecule has 4 aromatic rings. The van der Waals surface area contributed by atoms with Gasteiger partial charge >= 0.3 is 11.9 Å². The van der Waals surface area contributed by atoms with Gasteiger partial charge in [0.15, 0.2) is 0 Å². The van der Waals surface area contributed by atoms with Crippen LogP contribution < -0.4 is 4.74 Å². The number of fused-ring (bicyclic) bond motifs is 2. The molecule has 1 N–H and O–H groups in total. The van der Waals surface area contributed by atoms with E-state index < -0.39 is 5.97 Å². The number of rotatable bonds is 6. The molecular formula is C34H33NO5. The Morgan fingerprint density at radius 2 is 1.68 bits per heavy atom. The summed E-state index contributed by atoms with van der Waals surface area (Å²) in [5.41, 5.74) is 5.87. The second-order valence-electron chi connectivity index (χ2n) is 11.3. The normalized spacial score (nSPS) is 16.0. The first kappa shape index (κ1) is 27.1. The average molecular weight is 536 g/mol. The van der Waals surface area contributed by atoms with Gasteiger partial charge in [-0.1, -0.05) is 69.3 Å². The minimum atomic E-state index is -0.925. The second kappa shape index (κ2) is 11.0. The van der Waals surface area contributed by atoms with E-state index in [-0.39, 0.29) is 17.3 Å². The van der Waals surface area contributed by atoms with Crippen molar-refractivity contribution in [3.8, 4) is 5.75 Å². The predicted octanol–water partition coefficient (Wildman–Crippen LogP) is 7.45. The summed E-state index contributed by atoms with van der Waals surface area (Å²) in [6, 6.07) is 22.4. The molecule has 0 radical (unpaired) electrons. The quantitative estimate of drug-likeness (QED) is 0.258. The number of aromatic carboxylic acids is 1. The molecule has 1 aliphatic carbocycles. The van der Waals surface area contributed by atoms with Gasteiger partial charge in [-0.05, 0) is 71.2 Å². The molecule has 3 aromatic carbocycles. The molecule has 1 heterocycles. The smallest absolute Gasteiger partial charge is 0.337 e. The van der Waals surface area contributed by atoms with Crippen molar-refractivity contribution < 1.29 is 24.2 Å². The van der Waals surface area contributed by atoms with Gasteiger partial charge in [-0.2, -0.15) is 0 Å². The number of allylic oxidation sites excluding steroid dienone is 1. The fourth-order valence-corrected chi connectivity index (χ4v) is 5.32. The molecule has 0 saturated carbocycles. The highest BCUT2D eigenvalue weighted by molar-refractivity contribution is 6.06. The number of methoxy groups -OCH3 is 1. The summed E-state index contributed by atoms with van der Waals surface area (Å²) in [7, 11) is 1.36. The SMILES string of the molecule is COC(=O)c1ccc(COc2ccccc2/C=C2/CC(C(C)(C)C)Cc3c2nc2ccccc2c3C(=O)O)cc1. The van der Waals surface area contributed by atoms with E-state index in [1.807, 2.05) is 60.7 Å². The number of carbonyl (C=O) groups is 2. The zero-order chi connectivity index (χ0) is 28.4. The number of carbonyl (C=O) groups excluding carboxylic acids is 1. The third-order valence-corrected chi connectivity index (χ3v) is 7.67. The molecule has 0 amide bonds. The van der Waals surface area contributed by atoms with E-state index in [0.29, 0.717) is 40.8 Å². The van der Waals surface area contributed by atoms with Crippen LogP contribution in [0.25, 0.3) is 22.6 Å². The fourth-order valence-electron chi connectivity index (χ4n) is 5.32. The van der Waals surface area contributed by atoms with Gasteiger partial charge in [0.1, 0.15) is 12.4 Å². The van der Waals surface area contributed by atoms with Crippen LogP contribution in [0.15, 0.2) is 72.8 Å². The molecule has 0 saturated heterocycles. The van der Waals surface area contributed by atoms with Crippen LogP contribution in [0.4, 0.5) is 0 Å². The lowest BCUT2D eigenvalue weighted by Crippen LogP contribution is -2.28. The number of benzene rings is 3. The number of esters is 1. The number of para-hydroxylation sites is 2. The zero-order valence-electron chi connectivity index (χ0n) is 23.2. The zero-order valence-corrected chi connectivity index (χ0v) is 23.2. The molecule has 6 heteroatoms. The van der Waals surface area contributed by atoms with Crippen molar-refractivity contribution in [2.24, 2.45) is 11.3 Å². The first-order chi connectivity index (χ1) is 19.2. The van der Waals surface area contributed by atoms with Crippen molar-refractivity contribution >= 4 is 34.5 Å². The molecule has 0 fully saturated rings. The van der Waals surface area contributed by atoms with Gasteiger partial charge in [0.25, 0.3) is 0 Å². The van der Waals surface area contributed by atoms with E-state index in [2.05, 4.69) is 26.8 Å². The predicted molar refractivity (Wildman–Crippen MR) is 156 cm³/mol. The highest BCUT2D eigenvalue weighted by Crippen LogP contribution is 2.45. The molecule has 204 valence electrons. The third-order valence-electron chi connectivity index (χ3n) is 7.67. The standard InChI is InChI=1S/C34H33NO5/c1-34(2,3)25-18-24(31-27(19-25)30(32(36)37)26-10-6-7-11-28(26)35-31)17-23-9-5-8-12-29(23)40-20-21-13-15-22(16-14-21)33(38)39-4/h5-17,25H,18-20H2,1-4H3,(H,36,37)/b24-17-. The van der Waals surface area contributed by atoms with E-state index >= 15 is 0 Å². The summed E-state index contributed by atoms with van der Waals surface area (Å²) >= 11 is 0. The van der Waals surface area contributed by atoms with Crippen LogP contribution >= 0.6 is 0 Å². The minimum absolute atomic E-state index is 0.0232. The van der Waals surface area contributed by atoms with E-state index in [1.54, 1.807) is 12.1 Å². The number of ether oxygens (including phenoxy) is 2. The summed E-state index contributed by atoms with van der Waals surface area (Å²) in [5.74, 6) is -0.344. The Morgan fingerprint density at radius 3 is 2.38 bits per heavy atom. The van der Waals surface area contributed by atoms with Gasteiger partial charge in [-0.15, -0.1) is 0 Å². The Balaban J connectivity index is 1.55. The second-order valence-corrected chi connectivity index (χ2v) is 11.3. The van der Waals surface area contributed by atoms with Gasteiger partial charge in [0, 0.05) is 10.9 Å². The molecule has 1 atom stereocenters. The van der Waals surface area contributed by atoms with Crippen molar-refractivity contribution in [2.45, 2.75) is 40.2 Å². The lowest BCUT2D eigenvalue weighted by atomic mass is 9.69. The summed E-state index contributed by atoms with van der Waals surface area (Å²) in [6.45, 7) is 6.95. The van der Waals surface area contributed by atoms with Gasteiger partial charge in [0.05, 0.1) is 29.4 Å². The summed E-state index contributed by atoms with van der Waals surface area (Å²) in [4.78, 5) is 29.3. The van der Waals surface area contributed by atoms with E-state index in [4.69, 9.17) is 14.5 Å². The number of aromatic nitrogens is 1. The summed E-state index contributed by atoms with van der Waals surface area (Å²) in [5, 5.41) is 11.0. The molecule has 0 aliphatic heterocycles. The molecule has 1 unspecified atom stereocenters. The Morgan fingerprint density at radius 1 is 0.975 bits per heavy atom. The lowest BCUT2D eigenvalue weighted by Gasteiger charge is -2.36. The van der Waals surface area contributed by atoms with E-state index in [9.17, 15) is 14.7 Å². The van der Waals surface area contributed by atoms with Gasteiger partial charge in [-0.3, -0.25) is 0 Å².